The van der Waals surface area contributed by atoms with Gasteiger partial charge < -0.3 is 15.0 Å². The third kappa shape index (κ3) is 3.38. The van der Waals surface area contributed by atoms with Gasteiger partial charge in [-0.05, 0) is 46.7 Å². The van der Waals surface area contributed by atoms with Crippen molar-refractivity contribution in [3.63, 3.8) is 0 Å². The van der Waals surface area contributed by atoms with E-state index in [-0.39, 0.29) is 23.1 Å². The van der Waals surface area contributed by atoms with Gasteiger partial charge in [0.25, 0.3) is 5.69 Å². The van der Waals surface area contributed by atoms with E-state index in [1.165, 1.54) is 14.0 Å². The molecule has 0 spiro atoms. The minimum atomic E-state index is -0.373. The largest absolute Gasteiger partial charge is 0.380 e. The van der Waals surface area contributed by atoms with Gasteiger partial charge in [0, 0.05) is 20.6 Å². The van der Waals surface area contributed by atoms with Crippen molar-refractivity contribution in [3.8, 4) is 0 Å². The summed E-state index contributed by atoms with van der Waals surface area (Å²) in [6.07, 6.45) is 0.523. The minimum Gasteiger partial charge on any atom is -0.380 e. The van der Waals surface area contributed by atoms with E-state index in [9.17, 15) is 14.9 Å². The van der Waals surface area contributed by atoms with E-state index in [0.717, 1.165) is 9.26 Å². The Morgan fingerprint density at radius 2 is 2.23 bits per heavy atom. The van der Waals surface area contributed by atoms with Gasteiger partial charge in [0.2, 0.25) is 5.91 Å². The van der Waals surface area contributed by atoms with Gasteiger partial charge in [-0.3, -0.25) is 14.9 Å². The fourth-order valence-electron chi connectivity index (χ4n) is 2.43. The zero-order chi connectivity index (χ0) is 16.3. The van der Waals surface area contributed by atoms with Crippen LogP contribution < -0.4 is 5.32 Å². The lowest BCUT2D eigenvalue weighted by atomic mass is 10.0. The molecule has 22 heavy (non-hydrogen) atoms. The fourth-order valence-corrected chi connectivity index (χ4v) is 3.26. The van der Waals surface area contributed by atoms with Crippen molar-refractivity contribution in [2.24, 2.45) is 0 Å². The number of nitro benzene ring substituents is 1. The summed E-state index contributed by atoms with van der Waals surface area (Å²) in [6.45, 7) is 2.06. The molecule has 0 aliphatic heterocycles. The second kappa shape index (κ2) is 7.05. The molecule has 2 N–H and O–H groups in total. The van der Waals surface area contributed by atoms with Crippen LogP contribution in [0.4, 0.5) is 5.69 Å². The molecule has 0 radical (unpaired) electrons. The molecule has 0 atom stereocenters. The van der Waals surface area contributed by atoms with Crippen molar-refractivity contribution in [1.29, 1.82) is 0 Å². The first kappa shape index (κ1) is 16.7. The third-order valence-corrected chi connectivity index (χ3v) is 4.22. The quantitative estimate of drug-likeness (QED) is 0.429. The molecule has 0 unspecified atom stereocenters. The van der Waals surface area contributed by atoms with Crippen molar-refractivity contribution < 1.29 is 14.5 Å². The molecule has 1 heterocycles. The van der Waals surface area contributed by atoms with Crippen molar-refractivity contribution in [3.05, 3.63) is 37.1 Å². The Hall–Kier alpha value is -1.68. The highest BCUT2D eigenvalue weighted by Gasteiger charge is 2.24. The number of halogens is 1. The van der Waals surface area contributed by atoms with E-state index in [4.69, 9.17) is 4.74 Å². The van der Waals surface area contributed by atoms with E-state index >= 15 is 0 Å². The van der Waals surface area contributed by atoms with E-state index in [1.807, 2.05) is 6.07 Å². The number of aromatic nitrogens is 1. The van der Waals surface area contributed by atoms with Gasteiger partial charge in [0.1, 0.15) is 0 Å². The van der Waals surface area contributed by atoms with Gasteiger partial charge in [0.05, 0.1) is 31.7 Å². The molecule has 1 aromatic heterocycles. The van der Waals surface area contributed by atoms with Crippen LogP contribution in [0.3, 0.4) is 0 Å². The van der Waals surface area contributed by atoms with Gasteiger partial charge >= 0.3 is 0 Å². The van der Waals surface area contributed by atoms with Crippen LogP contribution in [0.5, 0.6) is 0 Å². The van der Waals surface area contributed by atoms with Crippen LogP contribution in [0.2, 0.25) is 0 Å². The van der Waals surface area contributed by atoms with Crippen molar-refractivity contribution in [2.45, 2.75) is 20.0 Å². The van der Waals surface area contributed by atoms with Crippen LogP contribution in [0, 0.1) is 13.8 Å². The Balaban J connectivity index is 2.54. The molecule has 8 heteroatoms. The first-order valence-corrected chi connectivity index (χ1v) is 7.73. The zero-order valence-corrected chi connectivity index (χ0v) is 14.4. The molecule has 118 valence electrons. The average molecular weight is 417 g/mol. The monoisotopic (exact) mass is 417 g/mol. The van der Waals surface area contributed by atoms with Crippen molar-refractivity contribution in [2.75, 3.05) is 13.7 Å². The SMILES string of the molecule is COCc1ccc2[nH]c(I)c(CCNC(C)=O)c2c1[N+](=O)[O-]. The van der Waals surface area contributed by atoms with Gasteiger partial charge in [0.15, 0.2) is 0 Å². The summed E-state index contributed by atoms with van der Waals surface area (Å²) in [4.78, 5) is 25.3. The van der Waals surface area contributed by atoms with Gasteiger partial charge in [-0.2, -0.15) is 0 Å². The number of fused-ring (bicyclic) bond motifs is 1. The van der Waals surface area contributed by atoms with Crippen molar-refractivity contribution in [1.82, 2.24) is 10.3 Å². The summed E-state index contributed by atoms with van der Waals surface area (Å²) in [5.74, 6) is -0.121. The van der Waals surface area contributed by atoms with E-state index in [0.29, 0.717) is 29.4 Å². The average Bonchev–Trinajstić information content (AvgIpc) is 2.75. The maximum atomic E-state index is 11.5. The lowest BCUT2D eigenvalue weighted by Crippen LogP contribution is -2.22. The van der Waals surface area contributed by atoms with Crippen LogP contribution in [0.1, 0.15) is 18.1 Å². The van der Waals surface area contributed by atoms with Crippen LogP contribution in [-0.4, -0.2) is 29.5 Å². The number of amides is 1. The minimum absolute atomic E-state index is 0.0661. The topological polar surface area (TPSA) is 97.3 Å². The number of aromatic amines is 1. The fraction of sp³-hybridized carbons (Fsp3) is 0.357. The molecule has 0 saturated heterocycles. The number of nitrogens with zero attached hydrogens (tertiary/aromatic N) is 1. The number of H-pyrrole nitrogens is 1. The molecule has 0 aliphatic carbocycles. The number of hydrogen-bond acceptors (Lipinski definition) is 4. The molecule has 0 aliphatic rings. The molecule has 2 rings (SSSR count). The maximum absolute atomic E-state index is 11.5. The summed E-state index contributed by atoms with van der Waals surface area (Å²) in [5.41, 5.74) is 2.16. The summed E-state index contributed by atoms with van der Waals surface area (Å²) < 4.78 is 5.90. The lowest BCUT2D eigenvalue weighted by Gasteiger charge is -2.06. The van der Waals surface area contributed by atoms with Crippen molar-refractivity contribution >= 4 is 45.1 Å². The highest BCUT2D eigenvalue weighted by molar-refractivity contribution is 14.1. The molecule has 0 fully saturated rings. The molecule has 0 bridgehead atoms. The number of nitrogens with one attached hydrogen (secondary N) is 2. The number of carbonyl (C=O) groups is 1. The number of nitro groups is 1. The smallest absolute Gasteiger partial charge is 0.284 e. The molecule has 2 aromatic rings. The Bertz CT molecular complexity index is 726. The van der Waals surface area contributed by atoms with Crippen LogP contribution in [0.25, 0.3) is 10.9 Å². The zero-order valence-electron chi connectivity index (χ0n) is 12.2. The maximum Gasteiger partial charge on any atom is 0.284 e. The van der Waals surface area contributed by atoms with Crippen LogP contribution >= 0.6 is 22.6 Å². The first-order valence-electron chi connectivity index (χ1n) is 6.65. The van der Waals surface area contributed by atoms with Gasteiger partial charge in [-0.1, -0.05) is 0 Å². The molecular weight excluding hydrogens is 401 g/mol. The lowest BCUT2D eigenvalue weighted by molar-refractivity contribution is -0.384. The second-order valence-corrected chi connectivity index (χ2v) is 5.92. The Morgan fingerprint density at radius 1 is 1.50 bits per heavy atom. The van der Waals surface area contributed by atoms with Gasteiger partial charge in [-0.25, -0.2) is 0 Å². The predicted molar refractivity (Wildman–Crippen MR) is 90.8 cm³/mol. The number of carbonyl (C=O) groups excluding carboxylic acids is 1. The summed E-state index contributed by atoms with van der Waals surface area (Å²) in [7, 11) is 1.51. The van der Waals surface area contributed by atoms with E-state index < -0.39 is 0 Å². The van der Waals surface area contributed by atoms with E-state index in [1.54, 1.807) is 6.07 Å². The number of benzene rings is 1. The van der Waals surface area contributed by atoms with Gasteiger partial charge in [-0.15, -0.1) is 0 Å². The summed E-state index contributed by atoms with van der Waals surface area (Å²) >= 11 is 2.12. The Morgan fingerprint density at radius 3 is 2.82 bits per heavy atom. The number of rotatable bonds is 6. The summed E-state index contributed by atoms with van der Waals surface area (Å²) in [5, 5.41) is 14.8. The molecule has 1 amide bonds. The summed E-state index contributed by atoms with van der Waals surface area (Å²) in [6, 6.07) is 3.52. The predicted octanol–water partition coefficient (Wildman–Crippen LogP) is 2.51. The molecular formula is C14H16IN3O4. The standard InChI is InChI=1S/C14H16IN3O4/c1-8(19)16-6-5-10-12-11(17-14(10)15)4-3-9(7-22-2)13(12)18(20)21/h3-4,17H,5-7H2,1-2H3,(H,16,19). The van der Waals surface area contributed by atoms with E-state index in [2.05, 4.69) is 32.9 Å². The molecule has 1 aromatic carbocycles. The first-order chi connectivity index (χ1) is 10.5. The number of ether oxygens (including phenoxy) is 1. The highest BCUT2D eigenvalue weighted by atomic mass is 127. The second-order valence-electron chi connectivity index (χ2n) is 4.84. The Kier molecular flexibility index (Phi) is 5.35. The third-order valence-electron chi connectivity index (χ3n) is 3.30. The Labute approximate surface area is 140 Å². The number of methoxy groups -OCH3 is 1. The highest BCUT2D eigenvalue weighted by Crippen LogP contribution is 2.35. The normalized spacial score (nSPS) is 10.9. The molecule has 7 nitrogen and oxygen atoms in total. The van der Waals surface area contributed by atoms with Crippen LogP contribution in [-0.2, 0) is 22.6 Å². The molecule has 0 saturated carbocycles. The number of hydrogen-bond donors (Lipinski definition) is 2. The van der Waals surface area contributed by atoms with Crippen LogP contribution in [0.15, 0.2) is 12.1 Å².